The lowest BCUT2D eigenvalue weighted by Crippen LogP contribution is -2.55. The molecule has 2 fully saturated rings. The number of nitrogens with one attached hydrogen (secondary N) is 1. The van der Waals surface area contributed by atoms with Gasteiger partial charge in [-0.15, -0.1) is 0 Å². The lowest BCUT2D eigenvalue weighted by atomic mass is 9.80. The number of piperidine rings is 1. The molecule has 29 heavy (non-hydrogen) atoms. The van der Waals surface area contributed by atoms with Crippen LogP contribution in [0.5, 0.6) is 0 Å². The fourth-order valence-corrected chi connectivity index (χ4v) is 5.78. The smallest absolute Gasteiger partial charge is 0.226 e. The van der Waals surface area contributed by atoms with Gasteiger partial charge < -0.3 is 25.3 Å². The first kappa shape index (κ1) is 20.5. The quantitative estimate of drug-likeness (QED) is 0.693. The summed E-state index contributed by atoms with van der Waals surface area (Å²) in [6, 6.07) is 7.56. The predicted octanol–water partition coefficient (Wildman–Crippen LogP) is 1.76. The minimum absolute atomic E-state index is 0.102. The molecule has 8 heteroatoms. The number of amides is 1. The van der Waals surface area contributed by atoms with E-state index in [-0.39, 0.29) is 17.1 Å². The second kappa shape index (κ2) is 8.53. The highest BCUT2D eigenvalue weighted by Crippen LogP contribution is 2.42. The van der Waals surface area contributed by atoms with Gasteiger partial charge in [-0.3, -0.25) is 9.79 Å². The first-order valence-corrected chi connectivity index (χ1v) is 11.3. The van der Waals surface area contributed by atoms with Gasteiger partial charge in [0.2, 0.25) is 5.91 Å². The Labute approximate surface area is 176 Å². The van der Waals surface area contributed by atoms with Crippen LogP contribution in [0.25, 0.3) is 0 Å². The zero-order valence-electron chi connectivity index (χ0n) is 17.0. The van der Waals surface area contributed by atoms with Crippen LogP contribution in [0.1, 0.15) is 25.7 Å². The lowest BCUT2D eigenvalue weighted by molar-refractivity contribution is -0.141. The molecular weight excluding hydrogens is 388 g/mol. The second-order valence-corrected chi connectivity index (χ2v) is 9.53. The van der Waals surface area contributed by atoms with E-state index in [1.165, 1.54) is 18.2 Å². The summed E-state index contributed by atoms with van der Waals surface area (Å²) in [5, 5.41) is 24.8. The summed E-state index contributed by atoms with van der Waals surface area (Å²) < 4.78 is 0. The summed E-state index contributed by atoms with van der Waals surface area (Å²) in [6.45, 7) is 1.58. The third-order valence-corrected chi connectivity index (χ3v) is 7.42. The molecule has 0 aromatic heterocycles. The van der Waals surface area contributed by atoms with Gasteiger partial charge in [0.25, 0.3) is 0 Å². The van der Waals surface area contributed by atoms with Gasteiger partial charge in [0.15, 0.2) is 5.17 Å². The molecular formula is C21H30N4O3S. The van der Waals surface area contributed by atoms with Crippen molar-refractivity contribution in [1.29, 1.82) is 0 Å². The minimum Gasteiger partial charge on any atom is -0.390 e. The van der Waals surface area contributed by atoms with E-state index in [1.54, 1.807) is 0 Å². The van der Waals surface area contributed by atoms with Gasteiger partial charge in [-0.25, -0.2) is 0 Å². The summed E-state index contributed by atoms with van der Waals surface area (Å²) in [4.78, 5) is 21.8. The maximum atomic E-state index is 13.2. The zero-order valence-corrected chi connectivity index (χ0v) is 17.8. The number of anilines is 2. The third-order valence-electron chi connectivity index (χ3n) is 6.11. The maximum Gasteiger partial charge on any atom is 0.226 e. The number of aliphatic imine (C=N–C) groups is 1. The standard InChI is InChI=1S/C21H30N4O3S/c1-24(2)14-8-6-13(7-9-14)22-21-23-17-18(27)16(26)12-15(19(17)29-21)20(28)25-10-4-3-5-11-25/h6-9,15-19,26-27H,3-5,10-12H2,1-2H3,(H,22,23)/t15-,16+,17-,18-,19+/m0/s1. The maximum absolute atomic E-state index is 13.2. The van der Waals surface area contributed by atoms with E-state index in [1.807, 2.05) is 48.2 Å². The molecule has 1 aromatic carbocycles. The SMILES string of the molecule is CN(C)c1ccc(NC2=N[C@H]3[C@@H](O)[C@H](O)C[C@H](C(=O)N4CCCCC4)[C@H]3S2)cc1. The molecule has 2 heterocycles. The van der Waals surface area contributed by atoms with E-state index in [4.69, 9.17) is 0 Å². The Morgan fingerprint density at radius 1 is 1.17 bits per heavy atom. The summed E-state index contributed by atoms with van der Waals surface area (Å²) in [5.74, 6) is -0.217. The molecule has 3 N–H and O–H groups in total. The molecule has 2 aliphatic heterocycles. The van der Waals surface area contributed by atoms with Crippen molar-refractivity contribution >= 4 is 34.2 Å². The van der Waals surface area contributed by atoms with Gasteiger partial charge in [-0.1, -0.05) is 11.8 Å². The largest absolute Gasteiger partial charge is 0.390 e. The highest BCUT2D eigenvalue weighted by molar-refractivity contribution is 8.15. The normalized spacial score (nSPS) is 31.8. The van der Waals surface area contributed by atoms with Crippen molar-refractivity contribution in [3.05, 3.63) is 24.3 Å². The van der Waals surface area contributed by atoms with Crippen molar-refractivity contribution < 1.29 is 15.0 Å². The van der Waals surface area contributed by atoms with E-state index in [9.17, 15) is 15.0 Å². The molecule has 4 rings (SSSR count). The van der Waals surface area contributed by atoms with Crippen molar-refractivity contribution in [3.8, 4) is 0 Å². The van der Waals surface area contributed by atoms with Crippen LogP contribution in [0.4, 0.5) is 11.4 Å². The van der Waals surface area contributed by atoms with Crippen molar-refractivity contribution in [1.82, 2.24) is 4.90 Å². The van der Waals surface area contributed by atoms with E-state index in [2.05, 4.69) is 10.3 Å². The monoisotopic (exact) mass is 418 g/mol. The number of likely N-dealkylation sites (tertiary alicyclic amines) is 1. The number of rotatable bonds is 3. The van der Waals surface area contributed by atoms with Crippen LogP contribution < -0.4 is 10.2 Å². The highest BCUT2D eigenvalue weighted by Gasteiger charge is 2.51. The Hall–Kier alpha value is -1.77. The van der Waals surface area contributed by atoms with Gasteiger partial charge in [0.1, 0.15) is 6.10 Å². The fraction of sp³-hybridized carbons (Fsp3) is 0.619. The van der Waals surface area contributed by atoms with E-state index in [0.29, 0.717) is 11.6 Å². The summed E-state index contributed by atoms with van der Waals surface area (Å²) in [5.41, 5.74) is 2.02. The highest BCUT2D eigenvalue weighted by atomic mass is 32.2. The molecule has 0 spiro atoms. The molecule has 5 atom stereocenters. The van der Waals surface area contributed by atoms with Crippen molar-refractivity contribution in [2.24, 2.45) is 10.9 Å². The molecule has 3 aliphatic rings. The zero-order chi connectivity index (χ0) is 20.5. The second-order valence-electron chi connectivity index (χ2n) is 8.36. The predicted molar refractivity (Wildman–Crippen MR) is 118 cm³/mol. The van der Waals surface area contributed by atoms with Gasteiger partial charge in [0, 0.05) is 43.8 Å². The molecule has 1 saturated carbocycles. The first-order chi connectivity index (χ1) is 13.9. The number of amidine groups is 1. The van der Waals surface area contributed by atoms with Crippen LogP contribution >= 0.6 is 11.8 Å². The van der Waals surface area contributed by atoms with Crippen LogP contribution in [0.3, 0.4) is 0 Å². The number of carbonyl (C=O) groups excluding carboxylic acids is 1. The van der Waals surface area contributed by atoms with E-state index in [0.717, 1.165) is 37.3 Å². The van der Waals surface area contributed by atoms with Crippen LogP contribution in [-0.2, 0) is 4.79 Å². The number of benzene rings is 1. The molecule has 1 amide bonds. The summed E-state index contributed by atoms with van der Waals surface area (Å²) in [7, 11) is 3.99. The number of aliphatic hydroxyl groups is 2. The van der Waals surface area contributed by atoms with Crippen LogP contribution in [0, 0.1) is 5.92 Å². The number of hydrogen-bond acceptors (Lipinski definition) is 7. The number of thioether (sulfide) groups is 1. The molecule has 1 aromatic rings. The molecule has 0 unspecified atom stereocenters. The Bertz CT molecular complexity index is 764. The number of fused-ring (bicyclic) bond motifs is 1. The number of carbonyl (C=O) groups is 1. The summed E-state index contributed by atoms with van der Waals surface area (Å²) in [6.07, 6.45) is 1.69. The first-order valence-electron chi connectivity index (χ1n) is 10.4. The molecule has 7 nitrogen and oxygen atoms in total. The van der Waals surface area contributed by atoms with Gasteiger partial charge in [-0.05, 0) is 49.9 Å². The van der Waals surface area contributed by atoms with Crippen LogP contribution in [0.2, 0.25) is 0 Å². The third kappa shape index (κ3) is 4.25. The Balaban J connectivity index is 1.48. The lowest BCUT2D eigenvalue weighted by Gasteiger charge is -2.40. The average Bonchev–Trinajstić information content (AvgIpc) is 3.15. The van der Waals surface area contributed by atoms with E-state index < -0.39 is 18.2 Å². The Morgan fingerprint density at radius 2 is 1.86 bits per heavy atom. The molecule has 1 aliphatic carbocycles. The van der Waals surface area contributed by atoms with Gasteiger partial charge >= 0.3 is 0 Å². The van der Waals surface area contributed by atoms with E-state index >= 15 is 0 Å². The number of aliphatic hydroxyl groups excluding tert-OH is 2. The Morgan fingerprint density at radius 3 is 2.52 bits per heavy atom. The van der Waals surface area contributed by atoms with Crippen molar-refractivity contribution in [2.75, 3.05) is 37.4 Å². The fourth-order valence-electron chi connectivity index (χ4n) is 4.41. The van der Waals surface area contributed by atoms with Crippen molar-refractivity contribution in [2.45, 2.75) is 49.2 Å². The van der Waals surface area contributed by atoms with Crippen molar-refractivity contribution in [3.63, 3.8) is 0 Å². The minimum atomic E-state index is -0.937. The number of nitrogens with zero attached hydrogens (tertiary/aromatic N) is 3. The molecule has 1 saturated heterocycles. The Kier molecular flexibility index (Phi) is 6.03. The van der Waals surface area contributed by atoms with Crippen LogP contribution in [0.15, 0.2) is 29.3 Å². The van der Waals surface area contributed by atoms with Gasteiger partial charge in [-0.2, -0.15) is 0 Å². The number of hydrogen-bond donors (Lipinski definition) is 3. The molecule has 0 bridgehead atoms. The van der Waals surface area contributed by atoms with Crippen LogP contribution in [-0.4, -0.2) is 76.9 Å². The molecule has 0 radical (unpaired) electrons. The topological polar surface area (TPSA) is 88.4 Å². The average molecular weight is 419 g/mol. The molecule has 158 valence electrons. The summed E-state index contributed by atoms with van der Waals surface area (Å²) >= 11 is 1.52. The van der Waals surface area contributed by atoms with Gasteiger partial charge in [0.05, 0.1) is 18.1 Å².